The summed E-state index contributed by atoms with van der Waals surface area (Å²) in [5.74, 6) is 0.552. The number of hydrogen-bond donors (Lipinski definition) is 1. The van der Waals surface area contributed by atoms with Crippen molar-refractivity contribution < 1.29 is 4.74 Å². The largest absolute Gasteiger partial charge is 0.487 e. The van der Waals surface area contributed by atoms with Crippen LogP contribution in [0.25, 0.3) is 0 Å². The molecule has 0 saturated heterocycles. The van der Waals surface area contributed by atoms with Crippen LogP contribution in [0.2, 0.25) is 10.0 Å². The van der Waals surface area contributed by atoms with Gasteiger partial charge in [-0.05, 0) is 24.3 Å². The van der Waals surface area contributed by atoms with Crippen LogP contribution in [0.1, 0.15) is 5.56 Å². The molecule has 0 aliphatic rings. The number of anilines is 1. The first-order valence-electron chi connectivity index (χ1n) is 5.18. The van der Waals surface area contributed by atoms with Gasteiger partial charge in [-0.2, -0.15) is 0 Å². The maximum absolute atomic E-state index is 6.10. The van der Waals surface area contributed by atoms with Crippen LogP contribution >= 0.6 is 39.1 Å². The van der Waals surface area contributed by atoms with Gasteiger partial charge in [0.25, 0.3) is 0 Å². The van der Waals surface area contributed by atoms with Crippen LogP contribution < -0.4 is 10.5 Å². The Morgan fingerprint density at radius 3 is 2.56 bits per heavy atom. The highest BCUT2D eigenvalue weighted by molar-refractivity contribution is 9.10. The maximum atomic E-state index is 6.10. The molecule has 2 aromatic rings. The fourth-order valence-electron chi connectivity index (χ4n) is 1.42. The van der Waals surface area contributed by atoms with Crippen molar-refractivity contribution >= 4 is 44.8 Å². The fourth-order valence-corrected chi connectivity index (χ4v) is 2.32. The van der Waals surface area contributed by atoms with Crippen molar-refractivity contribution in [1.82, 2.24) is 0 Å². The van der Waals surface area contributed by atoms with E-state index in [9.17, 15) is 0 Å². The molecular weight excluding hydrogens is 337 g/mol. The molecule has 2 N–H and O–H groups in total. The molecule has 0 atom stereocenters. The lowest BCUT2D eigenvalue weighted by atomic mass is 10.2. The molecule has 0 fully saturated rings. The number of halogens is 3. The summed E-state index contributed by atoms with van der Waals surface area (Å²) in [5.41, 5.74) is 7.17. The number of nitrogen functional groups attached to an aromatic ring is 1. The Kier molecular flexibility index (Phi) is 4.38. The van der Waals surface area contributed by atoms with E-state index in [0.29, 0.717) is 28.1 Å². The van der Waals surface area contributed by atoms with Crippen molar-refractivity contribution in [3.63, 3.8) is 0 Å². The molecule has 0 spiro atoms. The van der Waals surface area contributed by atoms with Gasteiger partial charge in [-0.15, -0.1) is 0 Å². The first-order valence-corrected chi connectivity index (χ1v) is 6.73. The second-order valence-corrected chi connectivity index (χ2v) is 5.44. The zero-order valence-corrected chi connectivity index (χ0v) is 12.4. The second-order valence-electron chi connectivity index (χ2n) is 3.71. The van der Waals surface area contributed by atoms with E-state index in [1.807, 2.05) is 18.2 Å². The van der Waals surface area contributed by atoms with Crippen LogP contribution in [0.5, 0.6) is 5.75 Å². The molecule has 94 valence electrons. The van der Waals surface area contributed by atoms with Gasteiger partial charge in [0.15, 0.2) is 0 Å². The lowest BCUT2D eigenvalue weighted by molar-refractivity contribution is 0.306. The summed E-state index contributed by atoms with van der Waals surface area (Å²) < 4.78 is 6.54. The predicted octanol–water partition coefficient (Wildman–Crippen LogP) is 4.92. The van der Waals surface area contributed by atoms with E-state index in [2.05, 4.69) is 15.9 Å². The number of benzene rings is 2. The lowest BCUT2D eigenvalue weighted by Gasteiger charge is -2.10. The summed E-state index contributed by atoms with van der Waals surface area (Å²) in [6.07, 6.45) is 0. The lowest BCUT2D eigenvalue weighted by Crippen LogP contribution is -1.97. The molecule has 2 rings (SSSR count). The molecule has 0 unspecified atom stereocenters. The van der Waals surface area contributed by atoms with Crippen LogP contribution in [0.3, 0.4) is 0 Å². The van der Waals surface area contributed by atoms with Crippen molar-refractivity contribution in [2.24, 2.45) is 0 Å². The highest BCUT2D eigenvalue weighted by atomic mass is 79.9. The maximum Gasteiger partial charge on any atom is 0.140 e. The van der Waals surface area contributed by atoms with Crippen molar-refractivity contribution in [2.75, 3.05) is 5.73 Å². The van der Waals surface area contributed by atoms with Gasteiger partial charge in [0.05, 0.1) is 5.02 Å². The van der Waals surface area contributed by atoms with Gasteiger partial charge in [0, 0.05) is 26.8 Å². The first kappa shape index (κ1) is 13.5. The van der Waals surface area contributed by atoms with E-state index < -0.39 is 0 Å². The Labute approximate surface area is 124 Å². The van der Waals surface area contributed by atoms with E-state index >= 15 is 0 Å². The van der Waals surface area contributed by atoms with E-state index in [-0.39, 0.29) is 0 Å². The minimum atomic E-state index is 0.343. The van der Waals surface area contributed by atoms with Crippen molar-refractivity contribution in [2.45, 2.75) is 6.61 Å². The van der Waals surface area contributed by atoms with E-state index in [1.54, 1.807) is 18.2 Å². The third kappa shape index (κ3) is 3.31. The minimum absolute atomic E-state index is 0.343. The van der Waals surface area contributed by atoms with Crippen LogP contribution in [0.4, 0.5) is 5.69 Å². The molecule has 2 nitrogen and oxygen atoms in total. The molecular formula is C13H10BrCl2NO. The van der Waals surface area contributed by atoms with Crippen molar-refractivity contribution in [1.29, 1.82) is 0 Å². The van der Waals surface area contributed by atoms with Gasteiger partial charge in [-0.25, -0.2) is 0 Å². The molecule has 18 heavy (non-hydrogen) atoms. The Morgan fingerprint density at radius 2 is 1.83 bits per heavy atom. The molecule has 0 bridgehead atoms. The molecule has 0 amide bonds. The summed E-state index contributed by atoms with van der Waals surface area (Å²) >= 11 is 15.5. The molecule has 0 aromatic heterocycles. The van der Waals surface area contributed by atoms with Crippen molar-refractivity contribution in [3.8, 4) is 5.75 Å². The third-order valence-electron chi connectivity index (χ3n) is 2.35. The summed E-state index contributed by atoms with van der Waals surface area (Å²) in [6, 6.07) is 10.7. The Hall–Kier alpha value is -0.900. The average molecular weight is 347 g/mol. The summed E-state index contributed by atoms with van der Waals surface area (Å²) in [6.45, 7) is 0.343. The summed E-state index contributed by atoms with van der Waals surface area (Å²) in [5, 5.41) is 1.17. The average Bonchev–Trinajstić information content (AvgIpc) is 2.32. The third-order valence-corrected chi connectivity index (χ3v) is 3.51. The number of hydrogen-bond acceptors (Lipinski definition) is 2. The zero-order valence-electron chi connectivity index (χ0n) is 9.29. The molecule has 2 aromatic carbocycles. The topological polar surface area (TPSA) is 35.2 Å². The van der Waals surface area contributed by atoms with Gasteiger partial charge in [0.2, 0.25) is 0 Å². The SMILES string of the molecule is Nc1ccc(Cl)c(OCc2ccc(Br)cc2Cl)c1. The number of ether oxygens (including phenoxy) is 1. The highest BCUT2D eigenvalue weighted by Gasteiger charge is 2.05. The van der Waals surface area contributed by atoms with Gasteiger partial charge < -0.3 is 10.5 Å². The summed E-state index contributed by atoms with van der Waals surface area (Å²) in [4.78, 5) is 0. The summed E-state index contributed by atoms with van der Waals surface area (Å²) in [7, 11) is 0. The normalized spacial score (nSPS) is 10.4. The van der Waals surface area contributed by atoms with Crippen LogP contribution in [0.15, 0.2) is 40.9 Å². The molecule has 5 heteroatoms. The predicted molar refractivity (Wildman–Crippen MR) is 79.3 cm³/mol. The number of rotatable bonds is 3. The van der Waals surface area contributed by atoms with Gasteiger partial charge in [0.1, 0.15) is 12.4 Å². The van der Waals surface area contributed by atoms with Crippen LogP contribution in [0, 0.1) is 0 Å². The monoisotopic (exact) mass is 345 g/mol. The molecule has 0 saturated carbocycles. The van der Waals surface area contributed by atoms with E-state index in [4.69, 9.17) is 33.7 Å². The molecule has 0 aliphatic carbocycles. The molecule has 0 aliphatic heterocycles. The van der Waals surface area contributed by atoms with Crippen LogP contribution in [-0.2, 0) is 6.61 Å². The Bertz CT molecular complexity index is 575. The highest BCUT2D eigenvalue weighted by Crippen LogP contribution is 2.28. The molecule has 0 heterocycles. The smallest absolute Gasteiger partial charge is 0.140 e. The van der Waals surface area contributed by atoms with Crippen molar-refractivity contribution in [3.05, 3.63) is 56.5 Å². The van der Waals surface area contributed by atoms with Gasteiger partial charge >= 0.3 is 0 Å². The minimum Gasteiger partial charge on any atom is -0.487 e. The Morgan fingerprint density at radius 1 is 1.06 bits per heavy atom. The van der Waals surface area contributed by atoms with Gasteiger partial charge in [-0.1, -0.05) is 45.2 Å². The standard InChI is InChI=1S/C13H10BrCl2NO/c14-9-2-1-8(12(16)5-9)7-18-13-6-10(17)3-4-11(13)15/h1-6H,7,17H2. The van der Waals surface area contributed by atoms with Crippen LogP contribution in [-0.4, -0.2) is 0 Å². The zero-order chi connectivity index (χ0) is 13.1. The second kappa shape index (κ2) is 5.83. The quantitative estimate of drug-likeness (QED) is 0.801. The van der Waals surface area contributed by atoms with E-state index in [1.165, 1.54) is 0 Å². The fraction of sp³-hybridized carbons (Fsp3) is 0.0769. The van der Waals surface area contributed by atoms with E-state index in [0.717, 1.165) is 10.0 Å². The molecule has 0 radical (unpaired) electrons. The number of nitrogens with two attached hydrogens (primary N) is 1. The first-order chi connectivity index (χ1) is 8.56. The Balaban J connectivity index is 2.13. The van der Waals surface area contributed by atoms with Gasteiger partial charge in [-0.3, -0.25) is 0 Å².